The van der Waals surface area contributed by atoms with Crippen LogP contribution in [0.4, 0.5) is 0 Å². The second-order valence-corrected chi connectivity index (χ2v) is 5.81. The summed E-state index contributed by atoms with van der Waals surface area (Å²) >= 11 is 0. The van der Waals surface area contributed by atoms with Gasteiger partial charge in [0.15, 0.2) is 6.10 Å². The quantitative estimate of drug-likeness (QED) is 0.0539. The van der Waals surface area contributed by atoms with Gasteiger partial charge in [-0.25, -0.2) is 0 Å². The van der Waals surface area contributed by atoms with E-state index < -0.39 is 248 Å². The van der Waals surface area contributed by atoms with Crippen LogP contribution in [-0.2, 0) is 19.1 Å². The van der Waals surface area contributed by atoms with E-state index in [9.17, 15) is 14.7 Å². The maximum Gasteiger partial charge on any atom is 0.306 e. The highest BCUT2D eigenvalue weighted by Gasteiger charge is 2.16. The van der Waals surface area contributed by atoms with Gasteiger partial charge in [0.1, 0.15) is 6.61 Å². The highest BCUT2D eigenvalue weighted by Crippen LogP contribution is 2.12. The van der Waals surface area contributed by atoms with Crippen molar-refractivity contribution in [2.45, 2.75) is 198 Å². The molecular formula is C39H72O5. The summed E-state index contributed by atoms with van der Waals surface area (Å²) in [5, 5.41) is 9.99. The molecule has 0 aromatic rings. The molecule has 0 aromatic heterocycles. The van der Waals surface area contributed by atoms with Crippen LogP contribution in [0, 0.1) is 0 Å². The standard InChI is InChI=1S/C39H72O5/c1-3-5-7-9-11-13-15-17-19-21-23-25-27-29-31-33-38(41)43-36-37(35-40)44-39(42)34-32-30-28-26-24-22-20-18-16-14-12-10-8-6-4-2/h17-20,37,40H,3-16,21-36H2,1-2H3/b19-17-,20-18-/t37-/m0/s1/i1D3,2D3,3D2,4D2,5D2,6D2,7D2,8D2,9D2,10D2,11D2,12D2,13D2,14D2,15D2,16D2,17D,18D,19D,20D,21D2,22D2,23D2,24D2,25D2,26D2,27D2,28D2,29D2,30D2,31D2,32D2,33D2,34D2. The average Bonchev–Trinajstić information content (AvgIpc) is 0.701. The Bertz CT molecular complexity index is 3420. The average molecular weight is 687 g/mol. The first-order valence-electron chi connectivity index (χ1n) is 44.0. The van der Waals surface area contributed by atoms with Crippen molar-refractivity contribution < 1.29 is 115 Å². The van der Waals surface area contributed by atoms with E-state index in [-0.39, 0.29) is 0 Å². The minimum Gasteiger partial charge on any atom is -0.462 e. The van der Waals surface area contributed by atoms with Crippen molar-refractivity contribution in [1.82, 2.24) is 0 Å². The summed E-state index contributed by atoms with van der Waals surface area (Å²) in [7, 11) is 0. The molecule has 0 rings (SSSR count). The Balaban J connectivity index is 7.68. The van der Waals surface area contributed by atoms with Gasteiger partial charge in [0.25, 0.3) is 0 Å². The van der Waals surface area contributed by atoms with E-state index >= 15 is 0 Å². The zero-order chi connectivity index (χ0) is 90.9. The maximum absolute atomic E-state index is 13.5. The monoisotopic (exact) mass is 687 g/mol. The maximum atomic E-state index is 13.5. The van der Waals surface area contributed by atoms with Gasteiger partial charge in [-0.2, -0.15) is 0 Å². The van der Waals surface area contributed by atoms with Crippen LogP contribution in [0.2, 0.25) is 0 Å². The highest BCUT2D eigenvalue weighted by molar-refractivity contribution is 5.70. The number of carbonyl (C=O) groups is 2. The van der Waals surface area contributed by atoms with E-state index in [1.165, 1.54) is 0 Å². The first kappa shape index (κ1) is 6.29. The molecule has 1 atom stereocenters. The van der Waals surface area contributed by atoms with Gasteiger partial charge >= 0.3 is 11.9 Å². The van der Waals surface area contributed by atoms with E-state index in [1.807, 2.05) is 0 Å². The van der Waals surface area contributed by atoms with Crippen LogP contribution in [0.3, 0.4) is 0 Å². The third kappa shape index (κ3) is 33.3. The van der Waals surface area contributed by atoms with Crippen molar-refractivity contribution in [3.63, 3.8) is 0 Å². The zero-order valence-corrected chi connectivity index (χ0v) is 22.1. The Kier molecular flexibility index (Phi) is 5.13. The van der Waals surface area contributed by atoms with Crippen molar-refractivity contribution in [3.8, 4) is 0 Å². The molecule has 0 aliphatic heterocycles. The molecule has 0 heterocycles. The molecule has 0 spiro atoms. The Labute approximate surface area is 365 Å². The van der Waals surface area contributed by atoms with E-state index in [4.69, 9.17) is 90.5 Å². The van der Waals surface area contributed by atoms with Gasteiger partial charge in [0.05, 0.1) is 12.1 Å². The minimum absolute atomic E-state index is 1.93. The number of hydrogen-bond donors (Lipinski definition) is 1. The van der Waals surface area contributed by atoms with Crippen molar-refractivity contribution in [2.75, 3.05) is 13.2 Å². The molecule has 5 heteroatoms. The molecule has 258 valence electrons. The van der Waals surface area contributed by atoms with Crippen LogP contribution < -0.4 is 0 Å². The van der Waals surface area contributed by atoms with Gasteiger partial charge in [0.2, 0.25) is 0 Å². The summed E-state index contributed by atoms with van der Waals surface area (Å²) in [6.07, 6.45) is -145. The summed E-state index contributed by atoms with van der Waals surface area (Å²) in [6, 6.07) is -11.1. The summed E-state index contributed by atoms with van der Waals surface area (Å²) in [4.78, 5) is 26.8. The molecule has 0 aliphatic carbocycles. The van der Waals surface area contributed by atoms with Crippen molar-refractivity contribution in [3.05, 3.63) is 24.2 Å². The minimum atomic E-state index is -5.33. The first-order chi connectivity index (χ1) is 46.6. The van der Waals surface area contributed by atoms with Gasteiger partial charge in [-0.1, -0.05) is 140 Å². The van der Waals surface area contributed by atoms with Gasteiger partial charge in [-0.15, -0.1) is 0 Å². The third-order valence-electron chi connectivity index (χ3n) is 2.96. The third-order valence-corrected chi connectivity index (χ3v) is 2.96. The molecule has 44 heavy (non-hydrogen) atoms. The van der Waals surface area contributed by atoms with E-state index in [0.29, 0.717) is 0 Å². The second-order valence-electron chi connectivity index (χ2n) is 5.81. The van der Waals surface area contributed by atoms with Crippen molar-refractivity contribution in [2.24, 2.45) is 0 Å². The lowest BCUT2D eigenvalue weighted by Crippen LogP contribution is -2.28. The molecule has 0 aromatic carbocycles. The molecular weight excluding hydrogens is 548 g/mol. The lowest BCUT2D eigenvalue weighted by molar-refractivity contribution is -0.161. The Hall–Kier alpha value is -1.62. The number of rotatable bonds is 34. The van der Waals surface area contributed by atoms with Gasteiger partial charge in [0, 0.05) is 97.7 Å². The molecule has 0 bridgehead atoms. The van der Waals surface area contributed by atoms with Crippen molar-refractivity contribution >= 4 is 11.9 Å². The number of allylic oxidation sites excluding steroid dienone is 4. The molecule has 0 radical (unpaired) electrons. The number of esters is 2. The second kappa shape index (κ2) is 35.9. The molecule has 0 unspecified atom stereocenters. The highest BCUT2D eigenvalue weighted by atomic mass is 16.6. The Morgan fingerprint density at radius 2 is 0.955 bits per heavy atom. The van der Waals surface area contributed by atoms with E-state index in [2.05, 4.69) is 9.47 Å². The molecule has 5 nitrogen and oxygen atoms in total. The Morgan fingerprint density at radius 3 is 1.36 bits per heavy atom. The van der Waals surface area contributed by atoms with Crippen LogP contribution >= 0.6 is 0 Å². The SMILES string of the molecule is [2H]/C(=C(\[2H])C([2H])([2H])C([2H])([2H])C([2H])([2H])C([2H])([2H])C([2H])([2H])C([2H])([2H])C([2H])([2H])C([2H])([2H])[2H])C([2H])([2H])C([2H])([2H])C([2H])([2H])C([2H])([2H])C([2H])([2H])C([2H])([2H])C([2H])([2H])C(=O)OC[C@H](CO)OC(=O)C([2H])([2H])C([2H])([2H])C([2H])([2H])C([2H])([2H])C([2H])([2H])C([2H])([2H])C([2H])([2H])/C([2H])=C(/[2H])C([2H])([2H])C([2H])([2H])C([2H])([2H])C([2H])([2H])C([2H])([2H])C([2H])([2H])C([2H])([2H])C([2H])([2H])[2H]. The van der Waals surface area contributed by atoms with Gasteiger partial charge < -0.3 is 14.6 Å². The fourth-order valence-corrected chi connectivity index (χ4v) is 1.49. The molecule has 0 amide bonds. The van der Waals surface area contributed by atoms with Gasteiger partial charge in [-0.05, 0) is 63.7 Å². The fourth-order valence-electron chi connectivity index (χ4n) is 1.49. The molecule has 0 saturated heterocycles. The number of aliphatic hydroxyl groups is 1. The lowest BCUT2D eigenvalue weighted by atomic mass is 10.1. The first-order valence-corrected chi connectivity index (χ1v) is 11.0. The molecule has 0 fully saturated rings. The number of ether oxygens (including phenoxy) is 2. The lowest BCUT2D eigenvalue weighted by Gasteiger charge is -2.15. The van der Waals surface area contributed by atoms with Crippen LogP contribution in [0.25, 0.3) is 0 Å². The molecule has 1 N–H and O–H groups in total. The zero-order valence-electron chi connectivity index (χ0n) is 88.1. The topological polar surface area (TPSA) is 72.8 Å². The van der Waals surface area contributed by atoms with E-state index in [0.717, 1.165) is 0 Å². The van der Waals surface area contributed by atoms with Crippen LogP contribution in [0.1, 0.15) is 283 Å². The number of hydrogen-bond acceptors (Lipinski definition) is 5. The molecule has 0 aliphatic rings. The summed E-state index contributed by atoms with van der Waals surface area (Å²) in [5.74, 6) is -5.91. The smallest absolute Gasteiger partial charge is 0.306 e. The summed E-state index contributed by atoms with van der Waals surface area (Å²) < 4.78 is 546. The van der Waals surface area contributed by atoms with Crippen molar-refractivity contribution in [1.29, 1.82) is 0 Å². The van der Waals surface area contributed by atoms with E-state index in [1.54, 1.807) is 0 Å². The number of aliphatic hydroxyl groups excluding tert-OH is 1. The fraction of sp³-hybridized carbons (Fsp3) is 0.846. The van der Waals surface area contributed by atoms with Crippen LogP contribution in [0.15, 0.2) is 24.2 Å². The normalized spacial score (nSPS) is 45.1. The number of carbonyl (C=O) groups excluding carboxylic acids is 2. The van der Waals surface area contributed by atoms with Gasteiger partial charge in [-0.3, -0.25) is 9.59 Å². The summed E-state index contributed by atoms with van der Waals surface area (Å²) in [6.45, 7) is -12.5. The predicted octanol–water partition coefficient (Wildman–Crippen LogP) is 11.5. The van der Waals surface area contributed by atoms with Crippen LogP contribution in [-0.4, -0.2) is 36.4 Å². The predicted molar refractivity (Wildman–Crippen MR) is 187 cm³/mol. The largest absolute Gasteiger partial charge is 0.462 e. The van der Waals surface area contributed by atoms with Crippen LogP contribution in [0.5, 0.6) is 0 Å². The molecule has 0 saturated carbocycles. The summed E-state index contributed by atoms with van der Waals surface area (Å²) in [5.41, 5.74) is 0. The Morgan fingerprint density at radius 1 is 0.591 bits per heavy atom.